The second kappa shape index (κ2) is 7.23. The molecule has 3 aromatic rings. The molecule has 3 rings (SSSR count). The van der Waals surface area contributed by atoms with Crippen LogP contribution >= 0.6 is 0 Å². The van der Waals surface area contributed by atoms with Crippen LogP contribution in [0, 0.1) is 10.1 Å². The molecule has 1 N–H and O–H groups in total. The number of nitrogens with zero attached hydrogens (tertiary/aromatic N) is 2. The maximum atomic E-state index is 12.2. The minimum absolute atomic E-state index is 0.106. The van der Waals surface area contributed by atoms with E-state index in [1.165, 1.54) is 19.2 Å². The molecule has 132 valence electrons. The molecule has 1 amide bonds. The molecule has 0 spiro atoms. The SMILES string of the molecule is CNC(=O)c1cc([N+](=O)[O-])ccc1N(C)Cc1cccc2ccccc12. The molecule has 0 heterocycles. The number of nitro groups is 1. The largest absolute Gasteiger partial charge is 0.370 e. The van der Waals surface area contributed by atoms with Gasteiger partial charge in [0.25, 0.3) is 11.6 Å². The van der Waals surface area contributed by atoms with Crippen LogP contribution in [0.3, 0.4) is 0 Å². The third kappa shape index (κ3) is 3.35. The molecule has 0 aliphatic heterocycles. The van der Waals surface area contributed by atoms with Crippen LogP contribution in [0.25, 0.3) is 10.8 Å². The summed E-state index contributed by atoms with van der Waals surface area (Å²) >= 11 is 0. The highest BCUT2D eigenvalue weighted by Crippen LogP contribution is 2.27. The quantitative estimate of drug-likeness (QED) is 0.562. The minimum Gasteiger partial charge on any atom is -0.370 e. The predicted octanol–water partition coefficient (Wildman–Crippen LogP) is 3.74. The van der Waals surface area contributed by atoms with E-state index in [-0.39, 0.29) is 17.2 Å². The summed E-state index contributed by atoms with van der Waals surface area (Å²) in [4.78, 5) is 24.7. The van der Waals surface area contributed by atoms with Crippen molar-refractivity contribution in [2.45, 2.75) is 6.54 Å². The number of benzene rings is 3. The molecule has 0 fully saturated rings. The molecule has 0 bridgehead atoms. The lowest BCUT2D eigenvalue weighted by molar-refractivity contribution is -0.384. The molecule has 0 aliphatic carbocycles. The van der Waals surface area contributed by atoms with Gasteiger partial charge in [-0.3, -0.25) is 14.9 Å². The van der Waals surface area contributed by atoms with Gasteiger partial charge in [0, 0.05) is 32.8 Å². The number of nitrogens with one attached hydrogen (secondary N) is 1. The Hall–Kier alpha value is -3.41. The van der Waals surface area contributed by atoms with Gasteiger partial charge in [-0.2, -0.15) is 0 Å². The minimum atomic E-state index is -0.499. The van der Waals surface area contributed by atoms with Crippen LogP contribution in [-0.2, 0) is 6.54 Å². The lowest BCUT2D eigenvalue weighted by atomic mass is 10.0. The molecule has 6 nitrogen and oxygen atoms in total. The zero-order chi connectivity index (χ0) is 18.7. The Morgan fingerprint density at radius 2 is 1.85 bits per heavy atom. The molecular weight excluding hydrogens is 330 g/mol. The summed E-state index contributed by atoms with van der Waals surface area (Å²) in [6.45, 7) is 0.573. The number of nitro benzene ring substituents is 1. The molecule has 3 aromatic carbocycles. The Balaban J connectivity index is 2.00. The lowest BCUT2D eigenvalue weighted by Gasteiger charge is -2.23. The maximum absolute atomic E-state index is 12.2. The van der Waals surface area contributed by atoms with Crippen molar-refractivity contribution in [1.82, 2.24) is 5.32 Å². The number of carbonyl (C=O) groups is 1. The van der Waals surface area contributed by atoms with Crippen LogP contribution in [0.4, 0.5) is 11.4 Å². The third-order valence-electron chi connectivity index (χ3n) is 4.36. The van der Waals surface area contributed by atoms with Crippen LogP contribution < -0.4 is 10.2 Å². The van der Waals surface area contributed by atoms with E-state index in [1.54, 1.807) is 6.07 Å². The molecule has 0 atom stereocenters. The first-order valence-corrected chi connectivity index (χ1v) is 8.19. The maximum Gasteiger partial charge on any atom is 0.270 e. The van der Waals surface area contributed by atoms with Gasteiger partial charge >= 0.3 is 0 Å². The number of non-ortho nitro benzene ring substituents is 1. The second-order valence-corrected chi connectivity index (χ2v) is 6.03. The van der Waals surface area contributed by atoms with Gasteiger partial charge in [0.05, 0.1) is 16.2 Å². The smallest absolute Gasteiger partial charge is 0.270 e. The summed E-state index contributed by atoms with van der Waals surface area (Å²) in [6.07, 6.45) is 0. The summed E-state index contributed by atoms with van der Waals surface area (Å²) in [5, 5.41) is 15.9. The van der Waals surface area contributed by atoms with E-state index < -0.39 is 4.92 Å². The molecule has 0 unspecified atom stereocenters. The summed E-state index contributed by atoms with van der Waals surface area (Å²) in [5.74, 6) is -0.353. The monoisotopic (exact) mass is 349 g/mol. The van der Waals surface area contributed by atoms with Crippen molar-refractivity contribution in [3.05, 3.63) is 81.9 Å². The van der Waals surface area contributed by atoms with Gasteiger partial charge in [0.15, 0.2) is 0 Å². The number of carbonyl (C=O) groups excluding carboxylic acids is 1. The van der Waals surface area contributed by atoms with Gasteiger partial charge < -0.3 is 10.2 Å². The van der Waals surface area contributed by atoms with E-state index in [2.05, 4.69) is 23.5 Å². The van der Waals surface area contributed by atoms with Gasteiger partial charge in [-0.15, -0.1) is 0 Å². The highest BCUT2D eigenvalue weighted by molar-refractivity contribution is 6.00. The van der Waals surface area contributed by atoms with Crippen molar-refractivity contribution in [2.24, 2.45) is 0 Å². The van der Waals surface area contributed by atoms with Crippen molar-refractivity contribution >= 4 is 28.1 Å². The van der Waals surface area contributed by atoms with Gasteiger partial charge in [-0.25, -0.2) is 0 Å². The Morgan fingerprint density at radius 1 is 1.12 bits per heavy atom. The predicted molar refractivity (Wildman–Crippen MR) is 103 cm³/mol. The third-order valence-corrected chi connectivity index (χ3v) is 4.36. The first-order chi connectivity index (χ1) is 12.5. The average Bonchev–Trinajstić information content (AvgIpc) is 2.67. The molecule has 26 heavy (non-hydrogen) atoms. The molecule has 0 aromatic heterocycles. The van der Waals surface area contributed by atoms with Crippen molar-refractivity contribution in [1.29, 1.82) is 0 Å². The van der Waals surface area contributed by atoms with Gasteiger partial charge in [-0.05, 0) is 22.4 Å². The van der Waals surface area contributed by atoms with Crippen LogP contribution in [0.15, 0.2) is 60.7 Å². The number of fused-ring (bicyclic) bond motifs is 1. The van der Waals surface area contributed by atoms with Gasteiger partial charge in [0.1, 0.15) is 0 Å². The van der Waals surface area contributed by atoms with E-state index in [0.717, 1.165) is 16.3 Å². The molecule has 0 radical (unpaired) electrons. The number of rotatable bonds is 5. The van der Waals surface area contributed by atoms with E-state index in [1.807, 2.05) is 36.2 Å². The normalized spacial score (nSPS) is 10.5. The first-order valence-electron chi connectivity index (χ1n) is 8.19. The van der Waals surface area contributed by atoms with Crippen LogP contribution in [0.2, 0.25) is 0 Å². The first kappa shape index (κ1) is 17.4. The van der Waals surface area contributed by atoms with Crippen LogP contribution in [0.1, 0.15) is 15.9 Å². The Labute approximate surface area is 151 Å². The summed E-state index contributed by atoms with van der Waals surface area (Å²) in [5.41, 5.74) is 1.94. The Morgan fingerprint density at radius 3 is 2.58 bits per heavy atom. The molecule has 0 saturated carbocycles. The van der Waals surface area contributed by atoms with Crippen LogP contribution in [-0.4, -0.2) is 24.9 Å². The zero-order valence-corrected chi connectivity index (χ0v) is 14.6. The lowest BCUT2D eigenvalue weighted by Crippen LogP contribution is -2.24. The Bertz CT molecular complexity index is 980. The standard InChI is InChI=1S/C20H19N3O3/c1-21-20(24)18-12-16(23(25)26)10-11-19(18)22(2)13-15-8-5-7-14-6-3-4-9-17(14)15/h3-12H,13H2,1-2H3,(H,21,24). The number of hydrogen-bond acceptors (Lipinski definition) is 4. The second-order valence-electron chi connectivity index (χ2n) is 6.03. The summed E-state index contributed by atoms with van der Waals surface area (Å²) in [7, 11) is 3.38. The van der Waals surface area contributed by atoms with Crippen molar-refractivity contribution in [3.63, 3.8) is 0 Å². The number of hydrogen-bond donors (Lipinski definition) is 1. The fourth-order valence-corrected chi connectivity index (χ4v) is 3.06. The molecule has 6 heteroatoms. The van der Waals surface area contributed by atoms with Crippen molar-refractivity contribution in [2.75, 3.05) is 19.0 Å². The fraction of sp³-hybridized carbons (Fsp3) is 0.150. The van der Waals surface area contributed by atoms with Gasteiger partial charge in [-0.1, -0.05) is 42.5 Å². The number of amides is 1. The van der Waals surface area contributed by atoms with E-state index in [9.17, 15) is 14.9 Å². The van der Waals surface area contributed by atoms with E-state index in [0.29, 0.717) is 12.2 Å². The van der Waals surface area contributed by atoms with E-state index in [4.69, 9.17) is 0 Å². The average molecular weight is 349 g/mol. The number of anilines is 1. The van der Waals surface area contributed by atoms with Crippen molar-refractivity contribution in [3.8, 4) is 0 Å². The topological polar surface area (TPSA) is 75.5 Å². The van der Waals surface area contributed by atoms with Crippen LogP contribution in [0.5, 0.6) is 0 Å². The highest BCUT2D eigenvalue weighted by Gasteiger charge is 2.18. The fourth-order valence-electron chi connectivity index (χ4n) is 3.06. The molecule has 0 aliphatic rings. The Kier molecular flexibility index (Phi) is 4.84. The van der Waals surface area contributed by atoms with Crippen molar-refractivity contribution < 1.29 is 9.72 Å². The molecule has 0 saturated heterocycles. The summed E-state index contributed by atoms with van der Waals surface area (Å²) in [6, 6.07) is 18.6. The van der Waals surface area contributed by atoms with Gasteiger partial charge in [0.2, 0.25) is 0 Å². The zero-order valence-electron chi connectivity index (χ0n) is 14.6. The summed E-state index contributed by atoms with van der Waals surface area (Å²) < 4.78 is 0. The van der Waals surface area contributed by atoms with E-state index >= 15 is 0 Å². The highest BCUT2D eigenvalue weighted by atomic mass is 16.6. The molecular formula is C20H19N3O3.